The lowest BCUT2D eigenvalue weighted by Crippen LogP contribution is -2.39. The molecule has 1 aliphatic rings. The summed E-state index contributed by atoms with van der Waals surface area (Å²) < 4.78 is 0. The molecule has 0 spiro atoms. The average Bonchev–Trinajstić information content (AvgIpc) is 2.32. The molecule has 1 fully saturated rings. The molecule has 1 unspecified atom stereocenters. The van der Waals surface area contributed by atoms with Crippen LogP contribution in [0, 0.1) is 12.8 Å². The smallest absolute Gasteiger partial charge is 0.0771 e. The lowest BCUT2D eigenvalue weighted by molar-refractivity contribution is 0.197. The standard InChI is InChI=1S/C14H20N2S/c1-11-4-6-12(7-5-11)9-16-8-2-3-13(10-16)14(15)17/h4-7,13H,2-3,8-10H2,1H3,(H2,15,17). The summed E-state index contributed by atoms with van der Waals surface area (Å²) >= 11 is 5.10. The normalized spacial score (nSPS) is 21.4. The van der Waals surface area contributed by atoms with E-state index in [0.717, 1.165) is 26.1 Å². The van der Waals surface area contributed by atoms with E-state index in [1.165, 1.54) is 17.5 Å². The molecule has 17 heavy (non-hydrogen) atoms. The van der Waals surface area contributed by atoms with Gasteiger partial charge in [-0.15, -0.1) is 0 Å². The molecule has 0 radical (unpaired) electrons. The van der Waals surface area contributed by atoms with Crippen molar-refractivity contribution in [2.24, 2.45) is 11.7 Å². The maximum Gasteiger partial charge on any atom is 0.0771 e. The second kappa shape index (κ2) is 5.61. The van der Waals surface area contributed by atoms with Gasteiger partial charge in [-0.2, -0.15) is 0 Å². The van der Waals surface area contributed by atoms with Gasteiger partial charge in [-0.3, -0.25) is 4.90 Å². The van der Waals surface area contributed by atoms with Crippen LogP contribution in [0.1, 0.15) is 24.0 Å². The number of likely N-dealkylation sites (tertiary alicyclic amines) is 1. The highest BCUT2D eigenvalue weighted by Crippen LogP contribution is 2.18. The van der Waals surface area contributed by atoms with Crippen LogP contribution in [-0.2, 0) is 6.54 Å². The molecule has 0 aromatic heterocycles. The van der Waals surface area contributed by atoms with Crippen LogP contribution in [-0.4, -0.2) is 23.0 Å². The number of aryl methyl sites for hydroxylation is 1. The van der Waals surface area contributed by atoms with Crippen molar-refractivity contribution >= 4 is 17.2 Å². The Labute approximate surface area is 109 Å². The minimum Gasteiger partial charge on any atom is -0.393 e. The highest BCUT2D eigenvalue weighted by molar-refractivity contribution is 7.80. The third-order valence-corrected chi connectivity index (χ3v) is 3.77. The van der Waals surface area contributed by atoms with Crippen molar-refractivity contribution in [2.75, 3.05) is 13.1 Å². The Balaban J connectivity index is 1.94. The second-order valence-corrected chi connectivity index (χ2v) is 5.43. The highest BCUT2D eigenvalue weighted by atomic mass is 32.1. The van der Waals surface area contributed by atoms with E-state index >= 15 is 0 Å². The fraction of sp³-hybridized carbons (Fsp3) is 0.500. The predicted octanol–water partition coefficient (Wildman–Crippen LogP) is 2.49. The maximum atomic E-state index is 5.75. The molecular weight excluding hydrogens is 228 g/mol. The third-order valence-electron chi connectivity index (χ3n) is 3.43. The van der Waals surface area contributed by atoms with Gasteiger partial charge in [0, 0.05) is 19.0 Å². The molecule has 0 bridgehead atoms. The molecule has 1 heterocycles. The third kappa shape index (κ3) is 3.51. The Morgan fingerprint density at radius 1 is 1.41 bits per heavy atom. The monoisotopic (exact) mass is 248 g/mol. The zero-order valence-corrected chi connectivity index (χ0v) is 11.2. The summed E-state index contributed by atoms with van der Waals surface area (Å²) in [6.07, 6.45) is 2.35. The molecule has 1 aromatic rings. The van der Waals surface area contributed by atoms with Crippen LogP contribution in [0.2, 0.25) is 0 Å². The van der Waals surface area contributed by atoms with Gasteiger partial charge in [0.25, 0.3) is 0 Å². The predicted molar refractivity (Wildman–Crippen MR) is 76.0 cm³/mol. The Morgan fingerprint density at radius 2 is 2.12 bits per heavy atom. The first-order valence-electron chi connectivity index (χ1n) is 6.22. The average molecular weight is 248 g/mol. The summed E-state index contributed by atoms with van der Waals surface area (Å²) in [6.45, 7) is 5.31. The van der Waals surface area contributed by atoms with E-state index in [2.05, 4.69) is 36.1 Å². The van der Waals surface area contributed by atoms with Crippen molar-refractivity contribution in [3.8, 4) is 0 Å². The van der Waals surface area contributed by atoms with Crippen LogP contribution in [0.15, 0.2) is 24.3 Å². The summed E-state index contributed by atoms with van der Waals surface area (Å²) in [5.41, 5.74) is 8.44. The number of nitrogens with two attached hydrogens (primary N) is 1. The van der Waals surface area contributed by atoms with Gasteiger partial charge in [0.1, 0.15) is 0 Å². The number of rotatable bonds is 3. The van der Waals surface area contributed by atoms with E-state index in [1.807, 2.05) is 0 Å². The van der Waals surface area contributed by atoms with Gasteiger partial charge in [0.15, 0.2) is 0 Å². The van der Waals surface area contributed by atoms with Crippen LogP contribution in [0.4, 0.5) is 0 Å². The zero-order chi connectivity index (χ0) is 12.3. The summed E-state index contributed by atoms with van der Waals surface area (Å²) in [5.74, 6) is 0.407. The summed E-state index contributed by atoms with van der Waals surface area (Å²) in [7, 11) is 0. The van der Waals surface area contributed by atoms with E-state index in [9.17, 15) is 0 Å². The van der Waals surface area contributed by atoms with Crippen LogP contribution < -0.4 is 5.73 Å². The molecule has 92 valence electrons. The number of thiocarbonyl (C=S) groups is 1. The molecule has 1 atom stereocenters. The molecule has 0 saturated carbocycles. The van der Waals surface area contributed by atoms with E-state index in [-0.39, 0.29) is 0 Å². The Morgan fingerprint density at radius 3 is 2.76 bits per heavy atom. The van der Waals surface area contributed by atoms with E-state index in [4.69, 9.17) is 18.0 Å². The minimum absolute atomic E-state index is 0.407. The summed E-state index contributed by atoms with van der Waals surface area (Å²) in [6, 6.07) is 8.76. The number of piperidine rings is 1. The lowest BCUT2D eigenvalue weighted by Gasteiger charge is -2.32. The van der Waals surface area contributed by atoms with E-state index in [0.29, 0.717) is 10.9 Å². The zero-order valence-electron chi connectivity index (χ0n) is 10.4. The first-order valence-corrected chi connectivity index (χ1v) is 6.63. The summed E-state index contributed by atoms with van der Waals surface area (Å²) in [5, 5.41) is 0. The highest BCUT2D eigenvalue weighted by Gasteiger charge is 2.21. The molecule has 1 saturated heterocycles. The molecule has 0 aliphatic carbocycles. The number of benzene rings is 1. The van der Waals surface area contributed by atoms with Crippen molar-refractivity contribution in [1.29, 1.82) is 0 Å². The Bertz CT molecular complexity index is 386. The van der Waals surface area contributed by atoms with Crippen LogP contribution in [0.3, 0.4) is 0 Å². The van der Waals surface area contributed by atoms with Crippen molar-refractivity contribution < 1.29 is 0 Å². The SMILES string of the molecule is Cc1ccc(CN2CCCC(C(N)=S)C2)cc1. The quantitative estimate of drug-likeness (QED) is 0.833. The number of hydrogen-bond donors (Lipinski definition) is 1. The fourth-order valence-corrected chi connectivity index (χ4v) is 2.58. The van der Waals surface area contributed by atoms with Crippen molar-refractivity contribution in [2.45, 2.75) is 26.3 Å². The Hall–Kier alpha value is -0.930. The lowest BCUT2D eigenvalue weighted by atomic mass is 9.97. The van der Waals surface area contributed by atoms with Gasteiger partial charge in [-0.1, -0.05) is 42.0 Å². The molecule has 0 amide bonds. The van der Waals surface area contributed by atoms with E-state index in [1.54, 1.807) is 0 Å². The molecular formula is C14H20N2S. The Kier molecular flexibility index (Phi) is 4.13. The van der Waals surface area contributed by atoms with Crippen LogP contribution in [0.25, 0.3) is 0 Å². The second-order valence-electron chi connectivity index (χ2n) is 4.96. The molecule has 1 aliphatic heterocycles. The van der Waals surface area contributed by atoms with Gasteiger partial charge in [0.05, 0.1) is 4.99 Å². The van der Waals surface area contributed by atoms with Gasteiger partial charge in [-0.25, -0.2) is 0 Å². The molecule has 2 rings (SSSR count). The summed E-state index contributed by atoms with van der Waals surface area (Å²) in [4.78, 5) is 3.14. The number of hydrogen-bond acceptors (Lipinski definition) is 2. The first kappa shape index (κ1) is 12.5. The fourth-order valence-electron chi connectivity index (χ4n) is 2.38. The van der Waals surface area contributed by atoms with Crippen molar-refractivity contribution in [3.05, 3.63) is 35.4 Å². The van der Waals surface area contributed by atoms with Gasteiger partial charge in [0.2, 0.25) is 0 Å². The minimum atomic E-state index is 0.407. The van der Waals surface area contributed by atoms with E-state index < -0.39 is 0 Å². The van der Waals surface area contributed by atoms with Crippen LogP contribution in [0.5, 0.6) is 0 Å². The number of nitrogens with zero attached hydrogens (tertiary/aromatic N) is 1. The molecule has 2 N–H and O–H groups in total. The molecule has 3 heteroatoms. The van der Waals surface area contributed by atoms with Gasteiger partial charge >= 0.3 is 0 Å². The molecule has 1 aromatic carbocycles. The van der Waals surface area contributed by atoms with Gasteiger partial charge < -0.3 is 5.73 Å². The maximum absolute atomic E-state index is 5.75. The largest absolute Gasteiger partial charge is 0.393 e. The van der Waals surface area contributed by atoms with Gasteiger partial charge in [-0.05, 0) is 31.9 Å². The van der Waals surface area contributed by atoms with Crippen molar-refractivity contribution in [1.82, 2.24) is 4.90 Å². The van der Waals surface area contributed by atoms with Crippen LogP contribution >= 0.6 is 12.2 Å². The topological polar surface area (TPSA) is 29.3 Å². The van der Waals surface area contributed by atoms with Crippen molar-refractivity contribution in [3.63, 3.8) is 0 Å². The first-order chi connectivity index (χ1) is 8.15. The molecule has 2 nitrogen and oxygen atoms in total.